The van der Waals surface area contributed by atoms with Crippen LogP contribution in [0.3, 0.4) is 0 Å². The largest absolute Gasteiger partial charge is 0.356 e. The third-order valence-corrected chi connectivity index (χ3v) is 3.57. The molecule has 0 bridgehead atoms. The Bertz CT molecular complexity index is 182. The van der Waals surface area contributed by atoms with Gasteiger partial charge in [-0.2, -0.15) is 0 Å². The molecule has 1 atom stereocenters. The Morgan fingerprint density at radius 3 is 2.06 bits per heavy atom. The van der Waals surface area contributed by atoms with Crippen LogP contribution in [0, 0.1) is 5.92 Å². The van der Waals surface area contributed by atoms with Gasteiger partial charge in [0.25, 0.3) is 0 Å². The zero-order valence-corrected chi connectivity index (χ0v) is 12.1. The number of rotatable bonds is 10. The fraction of sp³-hybridized carbons (Fsp3) is 1.00. The molecule has 0 rings (SSSR count). The zero-order chi connectivity index (χ0) is 13.3. The molecule has 3 N–H and O–H groups in total. The monoisotopic (exact) mass is 246 g/mol. The van der Waals surface area contributed by atoms with Crippen LogP contribution in [0.4, 0.5) is 0 Å². The van der Waals surface area contributed by atoms with Crippen molar-refractivity contribution in [1.82, 2.24) is 5.32 Å². The Balaban J connectivity index is 4.25. The Kier molecular flexibility index (Phi) is 8.78. The normalized spacial score (nSPS) is 15.5. The van der Waals surface area contributed by atoms with Crippen LogP contribution < -0.4 is 11.1 Å². The average molecular weight is 246 g/mol. The van der Waals surface area contributed by atoms with Crippen molar-refractivity contribution in [2.24, 2.45) is 11.7 Å². The van der Waals surface area contributed by atoms with Crippen molar-refractivity contribution in [2.45, 2.75) is 51.9 Å². The molecule has 0 heterocycles. The van der Waals surface area contributed by atoms with Gasteiger partial charge in [0.15, 0.2) is 6.29 Å². The molecule has 0 fully saturated rings. The van der Waals surface area contributed by atoms with Gasteiger partial charge in [-0.15, -0.1) is 0 Å². The summed E-state index contributed by atoms with van der Waals surface area (Å²) in [6.07, 6.45) is 2.96. The van der Waals surface area contributed by atoms with E-state index in [2.05, 4.69) is 26.1 Å². The standard InChI is InChI=1S/C13H30N2O2/c1-6-11(7-2)9-15-13(3,10-14)8-12(16-4)17-5/h11-12,15H,6-10,14H2,1-5H3. The van der Waals surface area contributed by atoms with Crippen molar-refractivity contribution in [2.75, 3.05) is 27.3 Å². The molecule has 0 spiro atoms. The van der Waals surface area contributed by atoms with E-state index in [0.29, 0.717) is 12.5 Å². The van der Waals surface area contributed by atoms with Crippen LogP contribution in [0.2, 0.25) is 0 Å². The average Bonchev–Trinajstić information content (AvgIpc) is 2.37. The van der Waals surface area contributed by atoms with E-state index >= 15 is 0 Å². The fourth-order valence-electron chi connectivity index (χ4n) is 1.83. The maximum absolute atomic E-state index is 5.86. The van der Waals surface area contributed by atoms with Crippen LogP contribution in [-0.4, -0.2) is 39.1 Å². The summed E-state index contributed by atoms with van der Waals surface area (Å²) in [5.41, 5.74) is 5.73. The molecule has 4 nitrogen and oxygen atoms in total. The molecule has 1 unspecified atom stereocenters. The predicted octanol–water partition coefficient (Wildman–Crippen LogP) is 1.74. The second-order valence-electron chi connectivity index (χ2n) is 4.93. The van der Waals surface area contributed by atoms with E-state index in [9.17, 15) is 0 Å². The van der Waals surface area contributed by atoms with Crippen LogP contribution in [0.5, 0.6) is 0 Å². The van der Waals surface area contributed by atoms with Crippen molar-refractivity contribution in [3.05, 3.63) is 0 Å². The quantitative estimate of drug-likeness (QED) is 0.577. The van der Waals surface area contributed by atoms with Crippen molar-refractivity contribution >= 4 is 0 Å². The summed E-state index contributed by atoms with van der Waals surface area (Å²) >= 11 is 0. The topological polar surface area (TPSA) is 56.5 Å². The maximum Gasteiger partial charge on any atom is 0.158 e. The molecule has 0 radical (unpaired) electrons. The summed E-state index contributed by atoms with van der Waals surface area (Å²) in [6.45, 7) is 8.16. The molecule has 17 heavy (non-hydrogen) atoms. The minimum Gasteiger partial charge on any atom is -0.356 e. The summed E-state index contributed by atoms with van der Waals surface area (Å²) in [6, 6.07) is 0. The van der Waals surface area contributed by atoms with E-state index < -0.39 is 0 Å². The molecular formula is C13H30N2O2. The van der Waals surface area contributed by atoms with Gasteiger partial charge < -0.3 is 20.5 Å². The van der Waals surface area contributed by atoms with Crippen molar-refractivity contribution in [1.29, 1.82) is 0 Å². The molecule has 104 valence electrons. The molecule has 0 aliphatic rings. The van der Waals surface area contributed by atoms with E-state index in [-0.39, 0.29) is 11.8 Å². The fourth-order valence-corrected chi connectivity index (χ4v) is 1.83. The molecule has 0 aliphatic heterocycles. The highest BCUT2D eigenvalue weighted by atomic mass is 16.7. The predicted molar refractivity (Wildman–Crippen MR) is 72.0 cm³/mol. The van der Waals surface area contributed by atoms with E-state index in [0.717, 1.165) is 13.0 Å². The van der Waals surface area contributed by atoms with Gasteiger partial charge >= 0.3 is 0 Å². The summed E-state index contributed by atoms with van der Waals surface area (Å²) in [7, 11) is 3.32. The summed E-state index contributed by atoms with van der Waals surface area (Å²) in [5.74, 6) is 0.712. The first kappa shape index (κ1) is 16.8. The molecule has 0 amide bonds. The van der Waals surface area contributed by atoms with Crippen LogP contribution in [0.1, 0.15) is 40.0 Å². The van der Waals surface area contributed by atoms with Gasteiger partial charge in [-0.25, -0.2) is 0 Å². The Labute approximate surface area is 106 Å². The molecule has 0 aromatic rings. The maximum atomic E-state index is 5.86. The van der Waals surface area contributed by atoms with Crippen LogP contribution in [0.25, 0.3) is 0 Å². The number of hydrogen-bond donors (Lipinski definition) is 2. The summed E-state index contributed by atoms with van der Waals surface area (Å²) in [5, 5.41) is 3.56. The third kappa shape index (κ3) is 6.36. The van der Waals surface area contributed by atoms with Gasteiger partial charge in [0.05, 0.1) is 0 Å². The van der Waals surface area contributed by atoms with Crippen molar-refractivity contribution in [3.8, 4) is 0 Å². The highest BCUT2D eigenvalue weighted by Gasteiger charge is 2.27. The number of methoxy groups -OCH3 is 2. The van der Waals surface area contributed by atoms with Crippen LogP contribution >= 0.6 is 0 Å². The smallest absolute Gasteiger partial charge is 0.158 e. The van der Waals surface area contributed by atoms with E-state index in [1.165, 1.54) is 12.8 Å². The number of ether oxygens (including phenoxy) is 2. The Morgan fingerprint density at radius 1 is 1.18 bits per heavy atom. The van der Waals surface area contributed by atoms with Crippen molar-refractivity contribution in [3.63, 3.8) is 0 Å². The molecular weight excluding hydrogens is 216 g/mol. The van der Waals surface area contributed by atoms with E-state index in [4.69, 9.17) is 15.2 Å². The first-order valence-corrected chi connectivity index (χ1v) is 6.55. The van der Waals surface area contributed by atoms with Crippen LogP contribution in [0.15, 0.2) is 0 Å². The van der Waals surface area contributed by atoms with Gasteiger partial charge in [0.2, 0.25) is 0 Å². The van der Waals surface area contributed by atoms with Crippen molar-refractivity contribution < 1.29 is 9.47 Å². The molecule has 0 aliphatic carbocycles. The Morgan fingerprint density at radius 2 is 1.71 bits per heavy atom. The molecule has 0 aromatic carbocycles. The SMILES string of the molecule is CCC(CC)CNC(C)(CN)CC(OC)OC. The first-order valence-electron chi connectivity index (χ1n) is 6.55. The lowest BCUT2D eigenvalue weighted by Gasteiger charge is -2.33. The highest BCUT2D eigenvalue weighted by Crippen LogP contribution is 2.15. The number of nitrogens with two attached hydrogens (primary N) is 1. The lowest BCUT2D eigenvalue weighted by Crippen LogP contribution is -2.52. The summed E-state index contributed by atoms with van der Waals surface area (Å²) < 4.78 is 10.5. The molecule has 0 saturated carbocycles. The minimum absolute atomic E-state index is 0.126. The van der Waals surface area contributed by atoms with Gasteiger partial charge in [0.1, 0.15) is 0 Å². The Hall–Kier alpha value is -0.160. The highest BCUT2D eigenvalue weighted by molar-refractivity contribution is 4.86. The van der Waals surface area contributed by atoms with E-state index in [1.54, 1.807) is 14.2 Å². The van der Waals surface area contributed by atoms with Gasteiger partial charge in [-0.3, -0.25) is 0 Å². The molecule has 0 aromatic heterocycles. The number of hydrogen-bond acceptors (Lipinski definition) is 4. The van der Waals surface area contributed by atoms with Crippen LogP contribution in [-0.2, 0) is 9.47 Å². The third-order valence-electron chi connectivity index (χ3n) is 3.57. The second-order valence-corrected chi connectivity index (χ2v) is 4.93. The zero-order valence-electron chi connectivity index (χ0n) is 12.1. The second kappa shape index (κ2) is 8.86. The van der Waals surface area contributed by atoms with Gasteiger partial charge in [-0.1, -0.05) is 26.7 Å². The number of nitrogens with one attached hydrogen (secondary N) is 1. The summed E-state index contributed by atoms with van der Waals surface area (Å²) in [4.78, 5) is 0. The molecule has 0 saturated heterocycles. The van der Waals surface area contributed by atoms with Gasteiger partial charge in [-0.05, 0) is 19.4 Å². The lowest BCUT2D eigenvalue weighted by molar-refractivity contribution is -0.117. The first-order chi connectivity index (χ1) is 8.05. The van der Waals surface area contributed by atoms with Gasteiger partial charge in [0, 0.05) is 32.7 Å². The minimum atomic E-state index is -0.197. The lowest BCUT2D eigenvalue weighted by atomic mass is 9.95. The van der Waals surface area contributed by atoms with E-state index in [1.807, 2.05) is 0 Å². The molecule has 4 heteroatoms.